The first-order valence-electron chi connectivity index (χ1n) is 5.81. The van der Waals surface area contributed by atoms with Gasteiger partial charge >= 0.3 is 0 Å². The lowest BCUT2D eigenvalue weighted by atomic mass is 10.2. The average Bonchev–Trinajstić information content (AvgIpc) is 2.86. The van der Waals surface area contributed by atoms with Gasteiger partial charge in [0.2, 0.25) is 5.91 Å². The van der Waals surface area contributed by atoms with Crippen LogP contribution in [0, 0.1) is 0 Å². The summed E-state index contributed by atoms with van der Waals surface area (Å²) in [7, 11) is 1.52. The summed E-state index contributed by atoms with van der Waals surface area (Å²) in [5, 5.41) is 8.93. The fourth-order valence-electron chi connectivity index (χ4n) is 1.53. The van der Waals surface area contributed by atoms with Gasteiger partial charge in [-0.3, -0.25) is 19.1 Å². The van der Waals surface area contributed by atoms with E-state index in [0.29, 0.717) is 5.69 Å². The lowest BCUT2D eigenvalue weighted by Gasteiger charge is -2.01. The second-order valence-corrected chi connectivity index (χ2v) is 3.98. The molecule has 0 saturated carbocycles. The molecule has 2 aromatic heterocycles. The maximum Gasteiger partial charge on any atom is 0.261 e. The first-order valence-corrected chi connectivity index (χ1v) is 5.81. The number of amides is 2. The highest BCUT2D eigenvalue weighted by molar-refractivity contribution is 6.03. The Bertz CT molecular complexity index is 688. The number of nitrogens with one attached hydrogen (secondary N) is 3. The number of nitrogens with zero attached hydrogens (tertiary/aromatic N) is 2. The number of carbonyl (C=O) groups excluding carboxylic acids is 2. The zero-order valence-electron chi connectivity index (χ0n) is 10.7. The Labute approximate surface area is 113 Å². The van der Waals surface area contributed by atoms with Gasteiger partial charge in [0.15, 0.2) is 5.43 Å². The Kier molecular flexibility index (Phi) is 3.94. The molecule has 0 radical (unpaired) electrons. The maximum absolute atomic E-state index is 11.9. The molecule has 0 fully saturated rings. The summed E-state index contributed by atoms with van der Waals surface area (Å²) in [6.45, 7) is 0.0539. The Morgan fingerprint density at radius 3 is 2.95 bits per heavy atom. The number of likely N-dealkylation sites (N-methyl/N-ethyl adjacent to an activating group) is 1. The molecule has 0 unspecified atom stereocenters. The molecule has 0 aliphatic carbocycles. The number of H-pyrrole nitrogens is 1. The van der Waals surface area contributed by atoms with E-state index in [0.717, 1.165) is 0 Å². The zero-order chi connectivity index (χ0) is 14.5. The van der Waals surface area contributed by atoms with Crippen molar-refractivity contribution in [3.8, 4) is 0 Å². The third kappa shape index (κ3) is 3.10. The van der Waals surface area contributed by atoms with Crippen LogP contribution in [0.25, 0.3) is 0 Å². The van der Waals surface area contributed by atoms with Crippen molar-refractivity contribution in [3.63, 3.8) is 0 Å². The molecule has 20 heavy (non-hydrogen) atoms. The fourth-order valence-corrected chi connectivity index (χ4v) is 1.53. The van der Waals surface area contributed by atoms with E-state index in [1.165, 1.54) is 42.6 Å². The smallest absolute Gasteiger partial charge is 0.261 e. The summed E-state index contributed by atoms with van der Waals surface area (Å²) in [5.41, 5.74) is 0.0349. The highest BCUT2D eigenvalue weighted by Crippen LogP contribution is 2.06. The highest BCUT2D eigenvalue weighted by Gasteiger charge is 2.11. The van der Waals surface area contributed by atoms with Gasteiger partial charge in [0.25, 0.3) is 5.91 Å². The quantitative estimate of drug-likeness (QED) is 0.703. The SMILES string of the molecule is CNC(=O)Cn1cc(NC(=O)c2c[nH]ccc2=O)cn1. The lowest BCUT2D eigenvalue weighted by Crippen LogP contribution is -2.23. The predicted octanol–water partition coefficient (Wildman–Crippen LogP) is -0.430. The molecule has 0 spiro atoms. The normalized spacial score (nSPS) is 10.1. The monoisotopic (exact) mass is 275 g/mol. The van der Waals surface area contributed by atoms with E-state index < -0.39 is 5.91 Å². The molecule has 8 nitrogen and oxygen atoms in total. The minimum atomic E-state index is -0.536. The van der Waals surface area contributed by atoms with Crippen LogP contribution in [-0.2, 0) is 11.3 Å². The second-order valence-electron chi connectivity index (χ2n) is 3.98. The highest BCUT2D eigenvalue weighted by atomic mass is 16.2. The van der Waals surface area contributed by atoms with Crippen LogP contribution in [0.1, 0.15) is 10.4 Å². The van der Waals surface area contributed by atoms with Crippen LogP contribution in [0.3, 0.4) is 0 Å². The Hall–Kier alpha value is -2.90. The Morgan fingerprint density at radius 2 is 2.25 bits per heavy atom. The molecule has 104 valence electrons. The number of aromatic nitrogens is 3. The van der Waals surface area contributed by atoms with Gasteiger partial charge in [-0.15, -0.1) is 0 Å². The van der Waals surface area contributed by atoms with Gasteiger partial charge in [-0.25, -0.2) is 0 Å². The minimum absolute atomic E-state index is 0.00607. The standard InChI is InChI=1S/C12H13N5O3/c1-13-11(19)7-17-6-8(4-15-17)16-12(20)9-5-14-3-2-10(9)18/h2-6H,7H2,1H3,(H,13,19)(H,14,18)(H,16,20). The van der Waals surface area contributed by atoms with Crippen molar-refractivity contribution in [2.24, 2.45) is 0 Å². The number of hydrogen-bond acceptors (Lipinski definition) is 4. The van der Waals surface area contributed by atoms with E-state index >= 15 is 0 Å². The lowest BCUT2D eigenvalue weighted by molar-refractivity contribution is -0.121. The van der Waals surface area contributed by atoms with Crippen LogP contribution in [0.15, 0.2) is 35.6 Å². The molecule has 0 atom stereocenters. The number of anilines is 1. The van der Waals surface area contributed by atoms with E-state index in [1.807, 2.05) is 0 Å². The molecule has 0 aliphatic rings. The first kappa shape index (κ1) is 13.5. The average molecular weight is 275 g/mol. The molecule has 3 N–H and O–H groups in total. The molecule has 2 aromatic rings. The van der Waals surface area contributed by atoms with Gasteiger partial charge in [-0.05, 0) is 0 Å². The summed E-state index contributed by atoms with van der Waals surface area (Å²) in [6.07, 6.45) is 5.68. The van der Waals surface area contributed by atoms with Gasteiger partial charge < -0.3 is 15.6 Å². The van der Waals surface area contributed by atoms with E-state index in [9.17, 15) is 14.4 Å². The van der Waals surface area contributed by atoms with Crippen molar-refractivity contribution in [3.05, 3.63) is 46.6 Å². The molecular weight excluding hydrogens is 262 g/mol. The van der Waals surface area contributed by atoms with Crippen LogP contribution in [0.2, 0.25) is 0 Å². The van der Waals surface area contributed by atoms with E-state index in [4.69, 9.17) is 0 Å². The first-order chi connectivity index (χ1) is 9.60. The summed E-state index contributed by atoms with van der Waals surface area (Å²) in [6, 6.07) is 1.27. The number of carbonyl (C=O) groups is 2. The molecule has 0 aliphatic heterocycles. The number of pyridine rings is 1. The molecule has 0 aromatic carbocycles. The van der Waals surface area contributed by atoms with Gasteiger partial charge in [-0.2, -0.15) is 5.10 Å². The molecule has 2 heterocycles. The van der Waals surface area contributed by atoms with Gasteiger partial charge in [0, 0.05) is 31.7 Å². The van der Waals surface area contributed by atoms with Crippen molar-refractivity contribution in [1.29, 1.82) is 0 Å². The van der Waals surface area contributed by atoms with Crippen molar-refractivity contribution >= 4 is 17.5 Å². The summed E-state index contributed by atoms with van der Waals surface area (Å²) in [5.74, 6) is -0.739. The van der Waals surface area contributed by atoms with Crippen molar-refractivity contribution in [2.45, 2.75) is 6.54 Å². The van der Waals surface area contributed by atoms with Crippen LogP contribution in [-0.4, -0.2) is 33.6 Å². The largest absolute Gasteiger partial charge is 0.367 e. The second kappa shape index (κ2) is 5.83. The van der Waals surface area contributed by atoms with E-state index in [2.05, 4.69) is 20.7 Å². The topological polar surface area (TPSA) is 109 Å². The summed E-state index contributed by atoms with van der Waals surface area (Å²) >= 11 is 0. The summed E-state index contributed by atoms with van der Waals surface area (Å²) < 4.78 is 1.38. The van der Waals surface area contributed by atoms with Crippen LogP contribution >= 0.6 is 0 Å². The van der Waals surface area contributed by atoms with Gasteiger partial charge in [-0.1, -0.05) is 0 Å². The van der Waals surface area contributed by atoms with Crippen molar-refractivity contribution in [1.82, 2.24) is 20.1 Å². The van der Waals surface area contributed by atoms with Crippen LogP contribution < -0.4 is 16.1 Å². The van der Waals surface area contributed by atoms with E-state index in [1.54, 1.807) is 0 Å². The third-order valence-electron chi connectivity index (χ3n) is 2.54. The zero-order valence-corrected chi connectivity index (χ0v) is 10.7. The molecule has 0 bridgehead atoms. The minimum Gasteiger partial charge on any atom is -0.367 e. The third-order valence-corrected chi connectivity index (χ3v) is 2.54. The Morgan fingerprint density at radius 1 is 1.45 bits per heavy atom. The molecule has 2 amide bonds. The van der Waals surface area contributed by atoms with Gasteiger partial charge in [0.1, 0.15) is 12.1 Å². The molecule has 0 saturated heterocycles. The number of aromatic amines is 1. The number of hydrogen-bond donors (Lipinski definition) is 3. The van der Waals surface area contributed by atoms with Crippen LogP contribution in [0.5, 0.6) is 0 Å². The van der Waals surface area contributed by atoms with E-state index in [-0.39, 0.29) is 23.4 Å². The Balaban J connectivity index is 2.07. The number of rotatable bonds is 4. The molecule has 2 rings (SSSR count). The summed E-state index contributed by atoms with van der Waals surface area (Å²) in [4.78, 5) is 37.2. The maximum atomic E-state index is 11.9. The van der Waals surface area contributed by atoms with Crippen molar-refractivity contribution in [2.75, 3.05) is 12.4 Å². The molecular formula is C12H13N5O3. The van der Waals surface area contributed by atoms with Crippen LogP contribution in [0.4, 0.5) is 5.69 Å². The van der Waals surface area contributed by atoms with Gasteiger partial charge in [0.05, 0.1) is 11.9 Å². The predicted molar refractivity (Wildman–Crippen MR) is 71.3 cm³/mol. The van der Waals surface area contributed by atoms with Crippen molar-refractivity contribution < 1.29 is 9.59 Å². The molecule has 8 heteroatoms. The fraction of sp³-hybridized carbons (Fsp3) is 0.167.